The van der Waals surface area contributed by atoms with Crippen molar-refractivity contribution in [3.63, 3.8) is 0 Å². The Morgan fingerprint density at radius 1 is 0.889 bits per heavy atom. The molecule has 0 bridgehead atoms. The SMILES string of the molecule is Cc1ccc(-c2cn3c(C(=O)Nc4ccccc4Cl)c(-c4ccc(Cl)cc4)c4c3n2CCCC4)cc1. The van der Waals surface area contributed by atoms with Crippen LogP contribution in [-0.4, -0.2) is 14.9 Å². The summed E-state index contributed by atoms with van der Waals surface area (Å²) < 4.78 is 4.45. The highest BCUT2D eigenvalue weighted by molar-refractivity contribution is 6.34. The molecule has 0 fully saturated rings. The third-order valence-electron chi connectivity index (χ3n) is 6.95. The third-order valence-corrected chi connectivity index (χ3v) is 7.53. The topological polar surface area (TPSA) is 38.4 Å². The Kier molecular flexibility index (Phi) is 5.87. The summed E-state index contributed by atoms with van der Waals surface area (Å²) >= 11 is 12.6. The number of hydrogen-bond acceptors (Lipinski definition) is 1. The highest BCUT2D eigenvalue weighted by Gasteiger charge is 2.29. The number of anilines is 1. The minimum atomic E-state index is -0.192. The number of carbonyl (C=O) groups excluding carboxylic acids is 1. The number of nitrogens with one attached hydrogen (secondary N) is 1. The van der Waals surface area contributed by atoms with Crippen molar-refractivity contribution in [1.29, 1.82) is 0 Å². The second-order valence-electron chi connectivity index (χ2n) is 9.33. The number of amides is 1. The number of imidazole rings is 1. The zero-order chi connectivity index (χ0) is 24.8. The molecule has 0 unspecified atom stereocenters. The fourth-order valence-corrected chi connectivity index (χ4v) is 5.54. The van der Waals surface area contributed by atoms with Crippen LogP contribution in [0.3, 0.4) is 0 Å². The molecule has 0 radical (unpaired) electrons. The van der Waals surface area contributed by atoms with Gasteiger partial charge in [0, 0.05) is 28.9 Å². The Labute approximate surface area is 220 Å². The number of carbonyl (C=O) groups is 1. The molecule has 180 valence electrons. The number of nitrogens with zero attached hydrogens (tertiary/aromatic N) is 2. The van der Waals surface area contributed by atoms with Gasteiger partial charge < -0.3 is 9.88 Å². The van der Waals surface area contributed by atoms with Gasteiger partial charge in [0.1, 0.15) is 11.3 Å². The van der Waals surface area contributed by atoms with Crippen molar-refractivity contribution in [3.05, 3.63) is 106 Å². The predicted molar refractivity (Wildman–Crippen MR) is 148 cm³/mol. The Balaban J connectivity index is 1.62. The minimum Gasteiger partial charge on any atom is -0.325 e. The first kappa shape index (κ1) is 23.0. The van der Waals surface area contributed by atoms with Crippen molar-refractivity contribution in [2.45, 2.75) is 32.7 Å². The summed E-state index contributed by atoms with van der Waals surface area (Å²) in [5.41, 5.74) is 8.88. The summed E-state index contributed by atoms with van der Waals surface area (Å²) in [6.45, 7) is 3.00. The molecule has 0 spiro atoms. The van der Waals surface area contributed by atoms with Crippen molar-refractivity contribution >= 4 is 40.4 Å². The van der Waals surface area contributed by atoms with Crippen LogP contribution in [0.25, 0.3) is 28.0 Å². The third kappa shape index (κ3) is 3.91. The van der Waals surface area contributed by atoms with Crippen LogP contribution in [0.1, 0.15) is 34.5 Å². The lowest BCUT2D eigenvalue weighted by Crippen LogP contribution is -2.15. The van der Waals surface area contributed by atoms with Crippen molar-refractivity contribution in [3.8, 4) is 22.4 Å². The molecule has 6 rings (SSSR count). The van der Waals surface area contributed by atoms with Crippen molar-refractivity contribution in [1.82, 2.24) is 8.97 Å². The number of benzene rings is 3. The van der Waals surface area contributed by atoms with Gasteiger partial charge in [-0.3, -0.25) is 9.20 Å². The van der Waals surface area contributed by atoms with Gasteiger partial charge in [0.15, 0.2) is 0 Å². The van der Waals surface area contributed by atoms with E-state index in [1.165, 1.54) is 11.1 Å². The lowest BCUT2D eigenvalue weighted by molar-refractivity contribution is 0.102. The zero-order valence-electron chi connectivity index (χ0n) is 19.9. The second-order valence-corrected chi connectivity index (χ2v) is 10.2. The van der Waals surface area contributed by atoms with Gasteiger partial charge in [-0.15, -0.1) is 0 Å². The quantitative estimate of drug-likeness (QED) is 0.258. The molecule has 36 heavy (non-hydrogen) atoms. The van der Waals surface area contributed by atoms with Crippen LogP contribution < -0.4 is 5.32 Å². The van der Waals surface area contributed by atoms with Gasteiger partial charge in [-0.05, 0) is 61.6 Å². The van der Waals surface area contributed by atoms with E-state index in [4.69, 9.17) is 23.2 Å². The monoisotopic (exact) mass is 513 g/mol. The summed E-state index contributed by atoms with van der Waals surface area (Å²) in [4.78, 5) is 14.0. The highest BCUT2D eigenvalue weighted by atomic mass is 35.5. The molecule has 0 atom stereocenters. The summed E-state index contributed by atoms with van der Waals surface area (Å²) in [6, 6.07) is 23.6. The average Bonchev–Trinajstić information content (AvgIpc) is 3.29. The molecule has 6 heteroatoms. The molecule has 3 aromatic carbocycles. The van der Waals surface area contributed by atoms with Gasteiger partial charge in [0.2, 0.25) is 0 Å². The maximum absolute atomic E-state index is 14.0. The molecule has 4 nitrogen and oxygen atoms in total. The maximum atomic E-state index is 14.0. The lowest BCUT2D eigenvalue weighted by Gasteiger charge is -2.11. The maximum Gasteiger partial charge on any atom is 0.273 e. The average molecular weight is 514 g/mol. The van der Waals surface area contributed by atoms with Crippen LogP contribution in [0.15, 0.2) is 79.0 Å². The van der Waals surface area contributed by atoms with Crippen LogP contribution in [0.4, 0.5) is 5.69 Å². The molecule has 1 aliphatic rings. The fraction of sp³-hybridized carbons (Fsp3) is 0.167. The Hall–Kier alpha value is -3.47. The molecule has 3 heterocycles. The summed E-state index contributed by atoms with van der Waals surface area (Å²) in [5, 5.41) is 4.24. The number of aryl methyl sites for hydroxylation is 3. The fourth-order valence-electron chi connectivity index (χ4n) is 5.24. The van der Waals surface area contributed by atoms with E-state index in [2.05, 4.69) is 51.7 Å². The lowest BCUT2D eigenvalue weighted by atomic mass is 9.97. The van der Waals surface area contributed by atoms with Gasteiger partial charge in [-0.2, -0.15) is 0 Å². The number of aromatic nitrogens is 2. The second kappa shape index (κ2) is 9.20. The standard InChI is InChI=1S/C30H25Cl2N3O/c1-19-9-11-20(12-10-19)26-18-35-28(29(36)33-25-8-3-2-7-24(25)32)27(21-13-15-22(31)16-14-21)23-6-4-5-17-34(26)30(23)35/h2-3,7-16,18H,4-6,17H2,1H3,(H,33,36). The van der Waals surface area contributed by atoms with Gasteiger partial charge >= 0.3 is 0 Å². The Morgan fingerprint density at radius 3 is 2.36 bits per heavy atom. The molecule has 1 amide bonds. The Morgan fingerprint density at radius 2 is 1.61 bits per heavy atom. The van der Waals surface area contributed by atoms with Crippen molar-refractivity contribution in [2.75, 3.05) is 5.32 Å². The van der Waals surface area contributed by atoms with Crippen LogP contribution in [0.5, 0.6) is 0 Å². The first-order valence-electron chi connectivity index (χ1n) is 12.2. The van der Waals surface area contributed by atoms with E-state index >= 15 is 0 Å². The van der Waals surface area contributed by atoms with E-state index in [1.54, 1.807) is 6.07 Å². The van der Waals surface area contributed by atoms with E-state index in [0.717, 1.165) is 53.8 Å². The molecule has 0 aliphatic carbocycles. The van der Waals surface area contributed by atoms with E-state index in [0.29, 0.717) is 21.4 Å². The summed E-state index contributed by atoms with van der Waals surface area (Å²) in [6.07, 6.45) is 5.15. The normalized spacial score (nSPS) is 13.1. The van der Waals surface area contributed by atoms with Crippen molar-refractivity contribution in [2.24, 2.45) is 0 Å². The molecule has 5 aromatic rings. The molecular formula is C30H25Cl2N3O. The number of hydrogen-bond donors (Lipinski definition) is 1. The summed E-state index contributed by atoms with van der Waals surface area (Å²) in [7, 11) is 0. The predicted octanol–water partition coefficient (Wildman–Crippen LogP) is 8.28. The molecule has 2 aromatic heterocycles. The molecular weight excluding hydrogens is 489 g/mol. The van der Waals surface area contributed by atoms with Gasteiger partial charge in [-0.25, -0.2) is 0 Å². The largest absolute Gasteiger partial charge is 0.325 e. The minimum absolute atomic E-state index is 0.192. The van der Waals surface area contributed by atoms with E-state index < -0.39 is 0 Å². The zero-order valence-corrected chi connectivity index (χ0v) is 21.4. The highest BCUT2D eigenvalue weighted by Crippen LogP contribution is 2.40. The molecule has 0 saturated heterocycles. The number of para-hydroxylation sites is 1. The van der Waals surface area contributed by atoms with Gasteiger partial charge in [-0.1, -0.05) is 77.3 Å². The molecule has 1 N–H and O–H groups in total. The Bertz CT molecular complexity index is 1590. The van der Waals surface area contributed by atoms with Crippen LogP contribution in [-0.2, 0) is 13.0 Å². The molecule has 1 aliphatic heterocycles. The van der Waals surface area contributed by atoms with Gasteiger partial charge in [0.25, 0.3) is 5.91 Å². The first-order chi connectivity index (χ1) is 17.5. The van der Waals surface area contributed by atoms with E-state index in [-0.39, 0.29) is 5.91 Å². The van der Waals surface area contributed by atoms with Crippen LogP contribution in [0, 0.1) is 6.92 Å². The van der Waals surface area contributed by atoms with E-state index in [1.807, 2.05) is 42.5 Å². The molecule has 0 saturated carbocycles. The van der Waals surface area contributed by atoms with E-state index in [9.17, 15) is 4.79 Å². The smallest absolute Gasteiger partial charge is 0.273 e. The van der Waals surface area contributed by atoms with Crippen LogP contribution in [0.2, 0.25) is 10.0 Å². The first-order valence-corrected chi connectivity index (χ1v) is 12.9. The van der Waals surface area contributed by atoms with Gasteiger partial charge in [0.05, 0.1) is 16.4 Å². The van der Waals surface area contributed by atoms with Crippen molar-refractivity contribution < 1.29 is 4.79 Å². The number of rotatable bonds is 4. The number of halogens is 2. The summed E-state index contributed by atoms with van der Waals surface area (Å²) in [5.74, 6) is -0.192. The van der Waals surface area contributed by atoms with Crippen LogP contribution >= 0.6 is 23.2 Å².